The summed E-state index contributed by atoms with van der Waals surface area (Å²) in [5.74, 6) is 0. The van der Waals surface area contributed by atoms with Gasteiger partial charge in [0.05, 0.1) is 4.90 Å². The monoisotopic (exact) mass is 364 g/mol. The van der Waals surface area contributed by atoms with Crippen LogP contribution < -0.4 is 5.14 Å². The first-order valence-corrected chi connectivity index (χ1v) is 9.00. The third kappa shape index (κ3) is 2.33. The van der Waals surface area contributed by atoms with Crippen molar-refractivity contribution in [1.82, 2.24) is 25.1 Å². The molecule has 3 N–H and O–H groups in total. The van der Waals surface area contributed by atoms with Crippen LogP contribution in [0.4, 0.5) is 4.39 Å². The zero-order chi connectivity index (χ0) is 16.9. The number of hydrogen-bond acceptors (Lipinski definition) is 7. The van der Waals surface area contributed by atoms with Gasteiger partial charge in [0.1, 0.15) is 28.7 Å². The van der Waals surface area contributed by atoms with E-state index in [1.165, 1.54) is 18.5 Å². The van der Waals surface area contributed by atoms with Gasteiger partial charge in [0.2, 0.25) is 10.0 Å². The summed E-state index contributed by atoms with van der Waals surface area (Å²) in [7, 11) is -3.93. The second kappa shape index (κ2) is 5.26. The Balaban J connectivity index is 2.14. The Morgan fingerprint density at radius 1 is 1.29 bits per heavy atom. The molecule has 122 valence electrons. The van der Waals surface area contributed by atoms with Gasteiger partial charge in [0, 0.05) is 28.0 Å². The van der Waals surface area contributed by atoms with E-state index in [-0.39, 0.29) is 9.90 Å². The molecular weight excluding hydrogens is 355 g/mol. The summed E-state index contributed by atoms with van der Waals surface area (Å²) < 4.78 is 36.4. The fourth-order valence-corrected chi connectivity index (χ4v) is 3.77. The van der Waals surface area contributed by atoms with Gasteiger partial charge in [0.25, 0.3) is 0 Å². The number of nitrogens with two attached hydrogens (primary N) is 1. The van der Waals surface area contributed by atoms with Gasteiger partial charge in [0.15, 0.2) is 0 Å². The lowest BCUT2D eigenvalue weighted by Gasteiger charge is -2.04. The van der Waals surface area contributed by atoms with Gasteiger partial charge >= 0.3 is 0 Å². The van der Waals surface area contributed by atoms with Crippen LogP contribution in [0.2, 0.25) is 0 Å². The summed E-state index contributed by atoms with van der Waals surface area (Å²) in [4.78, 5) is 11.1. The van der Waals surface area contributed by atoms with Gasteiger partial charge in [-0.3, -0.25) is 0 Å². The van der Waals surface area contributed by atoms with Crippen molar-refractivity contribution in [3.05, 3.63) is 29.7 Å². The predicted octanol–water partition coefficient (Wildman–Crippen LogP) is 1.75. The van der Waals surface area contributed by atoms with E-state index in [1.807, 2.05) is 0 Å². The van der Waals surface area contributed by atoms with E-state index < -0.39 is 16.7 Å². The lowest BCUT2D eigenvalue weighted by molar-refractivity contribution is 0.481. The van der Waals surface area contributed by atoms with Gasteiger partial charge in [-0.05, 0) is 12.1 Å². The van der Waals surface area contributed by atoms with Crippen LogP contribution >= 0.6 is 11.3 Å². The number of aromatic nitrogens is 5. The van der Waals surface area contributed by atoms with Crippen molar-refractivity contribution in [2.75, 3.05) is 0 Å². The average Bonchev–Trinajstić information content (AvgIpc) is 3.17. The first kappa shape index (κ1) is 15.1. The topological polar surface area (TPSA) is 128 Å². The molecule has 0 amide bonds. The van der Waals surface area contributed by atoms with Crippen LogP contribution in [0.5, 0.6) is 0 Å². The Bertz CT molecular complexity index is 1180. The zero-order valence-electron chi connectivity index (χ0n) is 11.9. The third-order valence-corrected chi connectivity index (χ3v) is 5.30. The first-order chi connectivity index (χ1) is 11.5. The minimum atomic E-state index is -3.93. The molecule has 0 saturated carbocycles. The molecule has 3 aromatic heterocycles. The van der Waals surface area contributed by atoms with Crippen LogP contribution in [-0.4, -0.2) is 33.6 Å². The Kier molecular flexibility index (Phi) is 3.30. The number of rotatable bonds is 3. The highest BCUT2D eigenvalue weighted by Gasteiger charge is 2.19. The first-order valence-electron chi connectivity index (χ1n) is 6.64. The quantitative estimate of drug-likeness (QED) is 0.570. The number of benzene rings is 1. The van der Waals surface area contributed by atoms with E-state index in [9.17, 15) is 12.8 Å². The average molecular weight is 364 g/mol. The summed E-state index contributed by atoms with van der Waals surface area (Å²) in [5.41, 5.74) is 1.54. The summed E-state index contributed by atoms with van der Waals surface area (Å²) in [6.07, 6.45) is 2.99. The minimum absolute atomic E-state index is 0.0819. The second-order valence-electron chi connectivity index (χ2n) is 4.98. The largest absolute Gasteiger partial charge is 0.339 e. The number of nitrogens with one attached hydrogen (secondary N) is 1. The number of fused-ring (bicyclic) bond motifs is 3. The predicted molar refractivity (Wildman–Crippen MR) is 86.5 cm³/mol. The van der Waals surface area contributed by atoms with Crippen molar-refractivity contribution in [3.8, 4) is 10.6 Å². The van der Waals surface area contributed by atoms with Crippen LogP contribution in [0.3, 0.4) is 0 Å². The highest BCUT2D eigenvalue weighted by molar-refractivity contribution is 7.89. The van der Waals surface area contributed by atoms with Crippen molar-refractivity contribution < 1.29 is 12.8 Å². The summed E-state index contributed by atoms with van der Waals surface area (Å²) in [5, 5.41) is 14.9. The summed E-state index contributed by atoms with van der Waals surface area (Å²) in [6, 6.07) is 2.83. The van der Waals surface area contributed by atoms with Gasteiger partial charge in [-0.15, -0.1) is 10.2 Å². The molecule has 1 aromatic carbocycles. The standard InChI is InChI=1S/C13H9FN6O2S2/c14-3-10-19-20-13(23-10)7-1-6(24(15,21)22)2-9-11(7)8-4-16-5-17-12(8)18-9/h1-2,4-5H,3H2,(H2,15,21,22)(H,16,17,18). The van der Waals surface area contributed by atoms with Crippen LogP contribution in [0, 0.1) is 0 Å². The molecule has 0 unspecified atom stereocenters. The Labute approximate surface area is 138 Å². The lowest BCUT2D eigenvalue weighted by atomic mass is 10.1. The molecule has 0 atom stereocenters. The maximum Gasteiger partial charge on any atom is 0.238 e. The van der Waals surface area contributed by atoms with Crippen LogP contribution in [0.15, 0.2) is 29.6 Å². The van der Waals surface area contributed by atoms with Gasteiger partial charge in [-0.25, -0.2) is 27.9 Å². The normalized spacial score (nSPS) is 12.2. The van der Waals surface area contributed by atoms with Gasteiger partial charge in [-0.2, -0.15) is 0 Å². The number of alkyl halides is 1. The van der Waals surface area contributed by atoms with E-state index in [2.05, 4.69) is 25.1 Å². The van der Waals surface area contributed by atoms with Crippen LogP contribution in [0.1, 0.15) is 5.01 Å². The van der Waals surface area contributed by atoms with Crippen molar-refractivity contribution in [1.29, 1.82) is 0 Å². The molecule has 24 heavy (non-hydrogen) atoms. The Hall–Kier alpha value is -2.50. The number of sulfonamides is 1. The molecular formula is C13H9FN6O2S2. The highest BCUT2D eigenvalue weighted by Crippen LogP contribution is 2.37. The minimum Gasteiger partial charge on any atom is -0.339 e. The lowest BCUT2D eigenvalue weighted by Crippen LogP contribution is -2.12. The molecule has 4 aromatic rings. The Morgan fingerprint density at radius 2 is 2.12 bits per heavy atom. The van der Waals surface area contributed by atoms with Crippen LogP contribution in [-0.2, 0) is 16.7 Å². The van der Waals surface area contributed by atoms with Crippen LogP contribution in [0.25, 0.3) is 32.5 Å². The molecule has 0 spiro atoms. The van der Waals surface area contributed by atoms with Crippen molar-refractivity contribution >= 4 is 43.3 Å². The van der Waals surface area contributed by atoms with Crippen molar-refractivity contribution in [2.45, 2.75) is 11.6 Å². The van der Waals surface area contributed by atoms with E-state index in [1.54, 1.807) is 6.20 Å². The second-order valence-corrected chi connectivity index (χ2v) is 7.61. The summed E-state index contributed by atoms with van der Waals surface area (Å²) in [6.45, 7) is -0.743. The molecule has 0 bridgehead atoms. The van der Waals surface area contributed by atoms with E-state index in [0.717, 1.165) is 11.3 Å². The van der Waals surface area contributed by atoms with E-state index >= 15 is 0 Å². The Morgan fingerprint density at radius 3 is 2.83 bits per heavy atom. The number of halogens is 1. The smallest absolute Gasteiger partial charge is 0.238 e. The van der Waals surface area contributed by atoms with E-state index in [0.29, 0.717) is 32.5 Å². The molecule has 0 aliphatic rings. The molecule has 3 heterocycles. The number of nitrogens with zero attached hydrogens (tertiary/aromatic N) is 4. The fourth-order valence-electron chi connectivity index (χ4n) is 2.49. The molecule has 4 rings (SSSR count). The van der Waals surface area contributed by atoms with E-state index in [4.69, 9.17) is 5.14 Å². The molecule has 0 fully saturated rings. The number of H-pyrrole nitrogens is 1. The molecule has 0 saturated heterocycles. The van der Waals surface area contributed by atoms with Gasteiger partial charge < -0.3 is 4.98 Å². The van der Waals surface area contributed by atoms with Crippen molar-refractivity contribution in [2.24, 2.45) is 5.14 Å². The molecule has 0 radical (unpaired) electrons. The van der Waals surface area contributed by atoms with Crippen molar-refractivity contribution in [3.63, 3.8) is 0 Å². The SMILES string of the molecule is NS(=O)(=O)c1cc(-c2nnc(CF)s2)c2c(c1)[nH]c1ncncc12. The third-order valence-electron chi connectivity index (χ3n) is 3.49. The maximum atomic E-state index is 12.8. The highest BCUT2D eigenvalue weighted by atomic mass is 32.2. The molecule has 11 heteroatoms. The molecule has 0 aliphatic heterocycles. The van der Waals surface area contributed by atoms with Gasteiger partial charge in [-0.1, -0.05) is 11.3 Å². The number of hydrogen-bond donors (Lipinski definition) is 2. The zero-order valence-corrected chi connectivity index (χ0v) is 13.5. The molecule has 8 nitrogen and oxygen atoms in total. The number of aromatic amines is 1. The maximum absolute atomic E-state index is 12.8. The summed E-state index contributed by atoms with van der Waals surface area (Å²) >= 11 is 1.04. The fraction of sp³-hybridized carbons (Fsp3) is 0.0769. The number of primary sulfonamides is 1. The molecule has 0 aliphatic carbocycles.